The van der Waals surface area contributed by atoms with E-state index in [1.165, 1.54) is 6.08 Å². The molecular weight excluding hydrogens is 294 g/mol. The lowest BCUT2D eigenvalue weighted by Crippen LogP contribution is -2.09. The largest absolute Gasteiger partial charge is 0.493 e. The van der Waals surface area contributed by atoms with E-state index in [2.05, 4.69) is 0 Å². The van der Waals surface area contributed by atoms with Crippen molar-refractivity contribution in [2.75, 3.05) is 13.7 Å². The summed E-state index contributed by atoms with van der Waals surface area (Å²) in [7, 11) is 1.54. The number of carbonyl (C=O) groups is 1. The lowest BCUT2D eigenvalue weighted by molar-refractivity contribution is -0.138. The third kappa shape index (κ3) is 5.67. The smallest absolute Gasteiger partial charge is 0.348 e. The topological polar surface area (TPSA) is 68.6 Å². The monoisotopic (exact) mass is 317 g/mol. The van der Waals surface area contributed by atoms with E-state index < -0.39 is 5.97 Å². The quantitative estimate of drug-likeness (QED) is 0.316. The molecule has 0 atom stereocenters. The van der Waals surface area contributed by atoms with Crippen molar-refractivity contribution in [3.8, 4) is 17.6 Å². The fourth-order valence-corrected chi connectivity index (χ4v) is 1.85. The maximum Gasteiger partial charge on any atom is 0.348 e. The number of ether oxygens (including phenoxy) is 3. The van der Waals surface area contributed by atoms with Crippen LogP contribution in [-0.4, -0.2) is 25.8 Å². The number of rotatable bonds is 8. The summed E-state index contributed by atoms with van der Waals surface area (Å²) < 4.78 is 16.1. The highest BCUT2D eigenvalue weighted by Gasteiger charge is 2.15. The van der Waals surface area contributed by atoms with Crippen molar-refractivity contribution in [1.82, 2.24) is 0 Å². The molecule has 0 fully saturated rings. The van der Waals surface area contributed by atoms with E-state index in [0.717, 1.165) is 12.8 Å². The first-order valence-electron chi connectivity index (χ1n) is 7.66. The Kier molecular flexibility index (Phi) is 7.69. The van der Waals surface area contributed by atoms with Crippen LogP contribution in [0.2, 0.25) is 0 Å². The van der Waals surface area contributed by atoms with Crippen LogP contribution in [0.15, 0.2) is 23.8 Å². The number of hydrogen-bond donors (Lipinski definition) is 0. The first-order chi connectivity index (χ1) is 11.0. The minimum atomic E-state index is -0.626. The van der Waals surface area contributed by atoms with E-state index in [1.54, 1.807) is 25.3 Å². The summed E-state index contributed by atoms with van der Waals surface area (Å²) in [5.41, 5.74) is 0.532. The molecule has 0 amide bonds. The number of nitriles is 1. The molecule has 5 nitrogen and oxygen atoms in total. The average molecular weight is 317 g/mol. The summed E-state index contributed by atoms with van der Waals surface area (Å²) in [6.45, 7) is 6.09. The normalized spacial score (nSPS) is 11.0. The van der Waals surface area contributed by atoms with Crippen molar-refractivity contribution in [1.29, 1.82) is 5.26 Å². The zero-order valence-electron chi connectivity index (χ0n) is 14.1. The van der Waals surface area contributed by atoms with E-state index >= 15 is 0 Å². The van der Waals surface area contributed by atoms with Gasteiger partial charge in [0.1, 0.15) is 11.6 Å². The molecule has 23 heavy (non-hydrogen) atoms. The van der Waals surface area contributed by atoms with Crippen molar-refractivity contribution in [2.45, 2.75) is 39.7 Å². The number of benzene rings is 1. The third-order valence-electron chi connectivity index (χ3n) is 2.95. The number of methoxy groups -OCH3 is 1. The van der Waals surface area contributed by atoms with E-state index in [0.29, 0.717) is 23.7 Å². The van der Waals surface area contributed by atoms with E-state index in [4.69, 9.17) is 14.2 Å². The Balaban J connectivity index is 3.12. The third-order valence-corrected chi connectivity index (χ3v) is 2.95. The first kappa shape index (κ1) is 18.6. The molecule has 0 saturated carbocycles. The molecule has 124 valence electrons. The Morgan fingerprint density at radius 1 is 1.39 bits per heavy atom. The number of hydrogen-bond acceptors (Lipinski definition) is 5. The van der Waals surface area contributed by atoms with Crippen molar-refractivity contribution < 1.29 is 19.0 Å². The molecule has 0 aliphatic carbocycles. The van der Waals surface area contributed by atoms with Gasteiger partial charge in [-0.1, -0.05) is 25.5 Å². The molecule has 1 aromatic rings. The molecule has 0 aromatic heterocycles. The van der Waals surface area contributed by atoms with Gasteiger partial charge >= 0.3 is 5.97 Å². The lowest BCUT2D eigenvalue weighted by Gasteiger charge is -2.16. The number of esters is 1. The van der Waals surface area contributed by atoms with Crippen molar-refractivity contribution in [3.63, 3.8) is 0 Å². The van der Waals surface area contributed by atoms with Crippen LogP contribution < -0.4 is 9.47 Å². The molecular formula is C18H23NO4. The Bertz CT molecular complexity index is 600. The summed E-state index contributed by atoms with van der Waals surface area (Å²) in [5.74, 6) is 0.419. The molecule has 5 heteroatoms. The molecule has 0 radical (unpaired) electrons. The van der Waals surface area contributed by atoms with Crippen LogP contribution in [0, 0.1) is 11.3 Å². The van der Waals surface area contributed by atoms with Gasteiger partial charge in [-0.3, -0.25) is 0 Å². The molecule has 0 heterocycles. The second kappa shape index (κ2) is 9.52. The van der Waals surface area contributed by atoms with Crippen molar-refractivity contribution >= 4 is 12.0 Å². The fourth-order valence-electron chi connectivity index (χ4n) is 1.85. The second-order valence-corrected chi connectivity index (χ2v) is 5.20. The van der Waals surface area contributed by atoms with Gasteiger partial charge < -0.3 is 14.2 Å². The van der Waals surface area contributed by atoms with Gasteiger partial charge in [0.15, 0.2) is 11.5 Å². The highest BCUT2D eigenvalue weighted by molar-refractivity contribution is 5.98. The minimum absolute atomic E-state index is 0.0667. The Morgan fingerprint density at radius 2 is 2.13 bits per heavy atom. The van der Waals surface area contributed by atoms with Crippen LogP contribution in [0.5, 0.6) is 11.5 Å². The van der Waals surface area contributed by atoms with Crippen LogP contribution >= 0.6 is 0 Å². The van der Waals surface area contributed by atoms with Gasteiger partial charge in [-0.05, 0) is 32.4 Å². The maximum atomic E-state index is 12.0. The van der Waals surface area contributed by atoms with Gasteiger partial charge in [0.05, 0.1) is 19.8 Å². The van der Waals surface area contributed by atoms with Crippen molar-refractivity contribution in [3.05, 3.63) is 29.3 Å². The standard InChI is InChI=1S/C18H23NO4/c1-5-6-10-22-18(20)15(12-19)11-14-8-7-9-16(21-4)17(14)23-13(2)3/h7-9,11,13H,5-6,10H2,1-4H3/b15-11+. The number of para-hydroxylation sites is 1. The molecule has 0 unspecified atom stereocenters. The first-order valence-corrected chi connectivity index (χ1v) is 7.66. The van der Waals surface area contributed by atoms with Gasteiger partial charge in [-0.2, -0.15) is 5.26 Å². The van der Waals surface area contributed by atoms with Crippen LogP contribution in [0.4, 0.5) is 0 Å². The Morgan fingerprint density at radius 3 is 2.70 bits per heavy atom. The lowest BCUT2D eigenvalue weighted by atomic mass is 10.1. The van der Waals surface area contributed by atoms with Crippen LogP contribution in [-0.2, 0) is 9.53 Å². The molecule has 0 aliphatic heterocycles. The van der Waals surface area contributed by atoms with E-state index in [9.17, 15) is 10.1 Å². The number of nitrogens with zero attached hydrogens (tertiary/aromatic N) is 1. The van der Waals surface area contributed by atoms with Crippen molar-refractivity contribution in [2.24, 2.45) is 0 Å². The summed E-state index contributed by atoms with van der Waals surface area (Å²) in [6.07, 6.45) is 3.08. The summed E-state index contributed by atoms with van der Waals surface area (Å²) in [5, 5.41) is 9.22. The predicted molar refractivity (Wildman–Crippen MR) is 88.2 cm³/mol. The predicted octanol–water partition coefficient (Wildman–Crippen LogP) is 3.73. The number of carbonyl (C=O) groups excluding carboxylic acids is 1. The van der Waals surface area contributed by atoms with Gasteiger partial charge in [0.25, 0.3) is 0 Å². The van der Waals surface area contributed by atoms with Gasteiger partial charge in [0, 0.05) is 5.56 Å². The highest BCUT2D eigenvalue weighted by Crippen LogP contribution is 2.33. The van der Waals surface area contributed by atoms with Crippen LogP contribution in [0.25, 0.3) is 6.08 Å². The van der Waals surface area contributed by atoms with E-state index in [-0.39, 0.29) is 11.7 Å². The van der Waals surface area contributed by atoms with Gasteiger partial charge in [-0.15, -0.1) is 0 Å². The molecule has 1 rings (SSSR count). The average Bonchev–Trinajstić information content (AvgIpc) is 2.53. The summed E-state index contributed by atoms with van der Waals surface area (Å²) in [4.78, 5) is 12.0. The van der Waals surface area contributed by atoms with Crippen LogP contribution in [0.3, 0.4) is 0 Å². The minimum Gasteiger partial charge on any atom is -0.493 e. The fraction of sp³-hybridized carbons (Fsp3) is 0.444. The molecule has 0 saturated heterocycles. The number of unbranched alkanes of at least 4 members (excludes halogenated alkanes) is 1. The SMILES string of the molecule is CCCCOC(=O)/C(C#N)=C/c1cccc(OC)c1OC(C)C. The zero-order valence-corrected chi connectivity index (χ0v) is 14.1. The summed E-state index contributed by atoms with van der Waals surface area (Å²) >= 11 is 0. The molecule has 1 aromatic carbocycles. The second-order valence-electron chi connectivity index (χ2n) is 5.20. The highest BCUT2D eigenvalue weighted by atomic mass is 16.5. The molecule has 0 spiro atoms. The Labute approximate surface area is 137 Å². The van der Waals surface area contributed by atoms with Gasteiger partial charge in [0.2, 0.25) is 0 Å². The molecule has 0 aliphatic rings. The zero-order chi connectivity index (χ0) is 17.2. The molecule has 0 bridgehead atoms. The Hall–Kier alpha value is -2.48. The summed E-state index contributed by atoms with van der Waals surface area (Å²) in [6, 6.07) is 7.18. The van der Waals surface area contributed by atoms with E-state index in [1.807, 2.05) is 26.8 Å². The van der Waals surface area contributed by atoms with Crippen LogP contribution in [0.1, 0.15) is 39.2 Å². The maximum absolute atomic E-state index is 12.0. The van der Waals surface area contributed by atoms with Gasteiger partial charge in [-0.25, -0.2) is 4.79 Å². The molecule has 0 N–H and O–H groups in total.